The monoisotopic (exact) mass is 559 g/mol. The summed E-state index contributed by atoms with van der Waals surface area (Å²) in [5, 5.41) is 2.17. The first-order valence-electron chi connectivity index (χ1n) is 14.4. The molecule has 1 aromatic carbocycles. The maximum absolute atomic E-state index is 12.8. The van der Waals surface area contributed by atoms with Crippen molar-refractivity contribution in [1.82, 2.24) is 29.0 Å². The van der Waals surface area contributed by atoms with Crippen LogP contribution in [0.25, 0.3) is 21.9 Å². The normalized spacial score (nSPS) is 19.5. The zero-order chi connectivity index (χ0) is 28.5. The van der Waals surface area contributed by atoms with Crippen molar-refractivity contribution in [3.05, 3.63) is 52.8 Å². The van der Waals surface area contributed by atoms with Crippen LogP contribution in [0.4, 0.5) is 5.82 Å². The van der Waals surface area contributed by atoms with Gasteiger partial charge in [-0.2, -0.15) is 4.98 Å². The fourth-order valence-electron chi connectivity index (χ4n) is 5.81. The van der Waals surface area contributed by atoms with Gasteiger partial charge in [0.1, 0.15) is 29.8 Å². The van der Waals surface area contributed by atoms with Gasteiger partial charge in [-0.3, -0.25) is 13.9 Å². The third-order valence-electron chi connectivity index (χ3n) is 8.29. The molecule has 3 aromatic heterocycles. The van der Waals surface area contributed by atoms with E-state index < -0.39 is 0 Å². The number of pyridine rings is 1. The second kappa shape index (κ2) is 11.5. The Labute approximate surface area is 238 Å². The minimum atomic E-state index is -0.266. The van der Waals surface area contributed by atoms with E-state index in [-0.39, 0.29) is 24.2 Å². The highest BCUT2D eigenvalue weighted by atomic mass is 16.5. The number of rotatable bonds is 7. The molecule has 0 spiro atoms. The van der Waals surface area contributed by atoms with Crippen LogP contribution in [0.2, 0.25) is 0 Å². The average Bonchev–Trinajstić information content (AvgIpc) is 3.22. The van der Waals surface area contributed by atoms with Gasteiger partial charge in [0.15, 0.2) is 5.65 Å². The van der Waals surface area contributed by atoms with Gasteiger partial charge in [-0.25, -0.2) is 14.8 Å². The Morgan fingerprint density at radius 2 is 1.85 bits per heavy atom. The van der Waals surface area contributed by atoms with Crippen molar-refractivity contribution in [2.75, 3.05) is 45.3 Å². The molecule has 11 nitrogen and oxygen atoms in total. The Hall–Kier alpha value is -3.99. The molecule has 0 unspecified atom stereocenters. The first kappa shape index (κ1) is 27.2. The van der Waals surface area contributed by atoms with Crippen molar-refractivity contribution in [1.29, 1.82) is 0 Å². The Balaban J connectivity index is 1.13. The van der Waals surface area contributed by atoms with Crippen LogP contribution in [-0.2, 0) is 29.5 Å². The molecule has 6 rings (SSSR count). The predicted molar refractivity (Wildman–Crippen MR) is 156 cm³/mol. The van der Waals surface area contributed by atoms with Crippen LogP contribution < -0.4 is 15.3 Å². The van der Waals surface area contributed by atoms with Crippen molar-refractivity contribution in [2.24, 2.45) is 13.0 Å². The van der Waals surface area contributed by atoms with E-state index in [1.165, 1.54) is 14.0 Å². The summed E-state index contributed by atoms with van der Waals surface area (Å²) in [6.07, 6.45) is 6.41. The highest BCUT2D eigenvalue weighted by molar-refractivity contribution is 5.89. The quantitative estimate of drug-likeness (QED) is 0.340. The molecular weight excluding hydrogens is 522 g/mol. The van der Waals surface area contributed by atoms with Gasteiger partial charge in [0.05, 0.1) is 19.4 Å². The molecule has 2 aliphatic rings. The number of carbonyl (C=O) groups excluding carboxylic acids is 1. The lowest BCUT2D eigenvalue weighted by Gasteiger charge is -2.30. The van der Waals surface area contributed by atoms with Gasteiger partial charge in [-0.05, 0) is 49.1 Å². The summed E-state index contributed by atoms with van der Waals surface area (Å²) in [4.78, 5) is 43.0. The number of morpholine rings is 1. The topological polar surface area (TPSA) is 108 Å². The van der Waals surface area contributed by atoms with Crippen LogP contribution in [0.1, 0.15) is 31.5 Å². The van der Waals surface area contributed by atoms with Crippen LogP contribution in [0.5, 0.6) is 5.88 Å². The summed E-state index contributed by atoms with van der Waals surface area (Å²) in [6, 6.07) is 10.4. The van der Waals surface area contributed by atoms with Gasteiger partial charge in [0, 0.05) is 46.0 Å². The first-order valence-corrected chi connectivity index (χ1v) is 14.4. The lowest BCUT2D eigenvalue weighted by atomic mass is 9.85. The third kappa shape index (κ3) is 5.63. The molecular formula is C30H37N7O4. The van der Waals surface area contributed by atoms with Crippen molar-refractivity contribution in [3.8, 4) is 5.88 Å². The number of nitrogens with zero attached hydrogens (tertiary/aromatic N) is 7. The molecule has 4 aromatic rings. The SMILES string of the molecule is CN(C)C(=O)Cn1c(=O)n(C)c2nc(CC3CCC(Oc4nc(N5CCOCC5)cc5ccccc45)CC3)ncc21. The Morgan fingerprint density at radius 1 is 1.10 bits per heavy atom. The summed E-state index contributed by atoms with van der Waals surface area (Å²) >= 11 is 0. The highest BCUT2D eigenvalue weighted by Crippen LogP contribution is 2.33. The van der Waals surface area contributed by atoms with Crippen LogP contribution in [0.3, 0.4) is 0 Å². The number of likely N-dealkylation sites (N-methyl/N-ethyl adjacent to an activating group) is 1. The maximum atomic E-state index is 12.8. The molecule has 4 heterocycles. The lowest BCUT2D eigenvalue weighted by Crippen LogP contribution is -2.36. The molecule has 1 amide bonds. The van der Waals surface area contributed by atoms with Crippen LogP contribution in [-0.4, -0.2) is 81.4 Å². The van der Waals surface area contributed by atoms with E-state index >= 15 is 0 Å². The summed E-state index contributed by atoms with van der Waals surface area (Å²) in [6.45, 7) is 3.05. The number of imidazole rings is 1. The zero-order valence-corrected chi connectivity index (χ0v) is 24.0. The molecule has 0 bridgehead atoms. The largest absolute Gasteiger partial charge is 0.474 e. The first-order chi connectivity index (χ1) is 19.9. The van der Waals surface area contributed by atoms with E-state index in [2.05, 4.69) is 34.1 Å². The molecule has 216 valence electrons. The standard InChI is InChI=1S/C30H37N7O4/c1-34(2)27(38)19-37-24-18-31-25(32-28(24)35(3)30(37)39)16-20-8-10-22(11-9-20)41-29-23-7-5-4-6-21(23)17-26(33-29)36-12-14-40-15-13-36/h4-7,17-18,20,22H,8-16,19H2,1-3H3. The van der Waals surface area contributed by atoms with Crippen LogP contribution in [0.15, 0.2) is 41.3 Å². The van der Waals surface area contributed by atoms with Gasteiger partial charge < -0.3 is 19.3 Å². The van der Waals surface area contributed by atoms with Crippen molar-refractivity contribution < 1.29 is 14.3 Å². The number of benzene rings is 1. The van der Waals surface area contributed by atoms with E-state index in [4.69, 9.17) is 19.4 Å². The maximum Gasteiger partial charge on any atom is 0.330 e. The van der Waals surface area contributed by atoms with Crippen LogP contribution >= 0.6 is 0 Å². The molecule has 2 fully saturated rings. The molecule has 0 atom stereocenters. The van der Waals surface area contributed by atoms with E-state index in [1.807, 2.05) is 6.07 Å². The van der Waals surface area contributed by atoms with Gasteiger partial charge >= 0.3 is 5.69 Å². The molecule has 1 aliphatic carbocycles. The Bertz CT molecular complexity index is 1610. The summed E-state index contributed by atoms with van der Waals surface area (Å²) in [5.41, 5.74) is 0.868. The van der Waals surface area contributed by atoms with Gasteiger partial charge in [-0.15, -0.1) is 0 Å². The molecule has 0 radical (unpaired) electrons. The molecule has 1 saturated heterocycles. The fraction of sp³-hybridized carbons (Fsp3) is 0.500. The number of aromatic nitrogens is 5. The molecule has 11 heteroatoms. The average molecular weight is 560 g/mol. The van der Waals surface area contributed by atoms with Gasteiger partial charge in [0.25, 0.3) is 0 Å². The zero-order valence-electron chi connectivity index (χ0n) is 24.0. The number of fused-ring (bicyclic) bond motifs is 2. The summed E-state index contributed by atoms with van der Waals surface area (Å²) < 4.78 is 15.0. The van der Waals surface area contributed by atoms with Crippen molar-refractivity contribution in [3.63, 3.8) is 0 Å². The summed E-state index contributed by atoms with van der Waals surface area (Å²) in [7, 11) is 5.04. The number of carbonyl (C=O) groups is 1. The lowest BCUT2D eigenvalue weighted by molar-refractivity contribution is -0.129. The minimum Gasteiger partial charge on any atom is -0.474 e. The molecule has 41 heavy (non-hydrogen) atoms. The van der Waals surface area contributed by atoms with E-state index in [9.17, 15) is 9.59 Å². The predicted octanol–water partition coefficient (Wildman–Crippen LogP) is 2.78. The highest BCUT2D eigenvalue weighted by Gasteiger charge is 2.26. The minimum absolute atomic E-state index is 0.0324. The number of amides is 1. The van der Waals surface area contributed by atoms with E-state index in [0.29, 0.717) is 36.2 Å². The third-order valence-corrected chi connectivity index (χ3v) is 8.29. The van der Waals surface area contributed by atoms with Crippen molar-refractivity contribution in [2.45, 2.75) is 44.8 Å². The number of ether oxygens (including phenoxy) is 2. The summed E-state index contributed by atoms with van der Waals surface area (Å²) in [5.74, 6) is 2.65. The molecule has 1 aliphatic heterocycles. The smallest absolute Gasteiger partial charge is 0.330 e. The second-order valence-electron chi connectivity index (χ2n) is 11.3. The van der Waals surface area contributed by atoms with E-state index in [0.717, 1.165) is 67.6 Å². The number of anilines is 1. The van der Waals surface area contributed by atoms with Crippen molar-refractivity contribution >= 4 is 33.7 Å². The number of hydrogen-bond acceptors (Lipinski definition) is 8. The fourth-order valence-corrected chi connectivity index (χ4v) is 5.81. The number of hydrogen-bond donors (Lipinski definition) is 0. The van der Waals surface area contributed by atoms with Gasteiger partial charge in [-0.1, -0.05) is 18.2 Å². The Morgan fingerprint density at radius 3 is 2.61 bits per heavy atom. The second-order valence-corrected chi connectivity index (χ2v) is 11.3. The van der Waals surface area contributed by atoms with Gasteiger partial charge in [0.2, 0.25) is 11.8 Å². The Kier molecular flexibility index (Phi) is 7.61. The molecule has 1 saturated carbocycles. The van der Waals surface area contributed by atoms with E-state index in [1.54, 1.807) is 27.3 Å². The number of aryl methyl sites for hydroxylation is 1. The van der Waals surface area contributed by atoms with Crippen LogP contribution in [0, 0.1) is 5.92 Å². The molecule has 0 N–H and O–H groups in total.